The van der Waals surface area contributed by atoms with E-state index < -0.39 is 0 Å². The Bertz CT molecular complexity index is 1050. The molecule has 0 bridgehead atoms. The highest BCUT2D eigenvalue weighted by atomic mass is 15.3. The van der Waals surface area contributed by atoms with E-state index in [-0.39, 0.29) is 0 Å². The van der Waals surface area contributed by atoms with Crippen molar-refractivity contribution in [1.29, 1.82) is 0 Å². The molecule has 1 aliphatic rings. The molecule has 0 spiro atoms. The molecular weight excluding hydrogens is 344 g/mol. The van der Waals surface area contributed by atoms with Gasteiger partial charge in [-0.1, -0.05) is 48.5 Å². The number of benzene rings is 3. The van der Waals surface area contributed by atoms with E-state index in [4.69, 9.17) is 11.5 Å². The molecule has 28 heavy (non-hydrogen) atoms. The van der Waals surface area contributed by atoms with Crippen LogP contribution in [0.1, 0.15) is 11.1 Å². The van der Waals surface area contributed by atoms with E-state index in [0.29, 0.717) is 11.6 Å². The highest BCUT2D eigenvalue weighted by Gasteiger charge is 2.20. The highest BCUT2D eigenvalue weighted by molar-refractivity contribution is 5.75. The van der Waals surface area contributed by atoms with Crippen LogP contribution in [0.5, 0.6) is 0 Å². The van der Waals surface area contributed by atoms with Gasteiger partial charge in [-0.25, -0.2) is 0 Å². The molecule has 0 unspecified atom stereocenters. The van der Waals surface area contributed by atoms with E-state index in [1.54, 1.807) is 0 Å². The number of aryl methyl sites for hydroxylation is 2. The number of nitrogens with zero attached hydrogens (tertiary/aromatic N) is 2. The van der Waals surface area contributed by atoms with Gasteiger partial charge in [0.15, 0.2) is 0 Å². The van der Waals surface area contributed by atoms with Crippen molar-refractivity contribution in [2.24, 2.45) is 11.5 Å². The van der Waals surface area contributed by atoms with E-state index >= 15 is 0 Å². The van der Waals surface area contributed by atoms with Crippen molar-refractivity contribution in [3.8, 4) is 11.1 Å². The summed E-state index contributed by atoms with van der Waals surface area (Å²) in [5.74, 6) is 1.01. The Morgan fingerprint density at radius 3 is 1.79 bits per heavy atom. The second-order valence-corrected chi connectivity index (χ2v) is 6.96. The molecule has 3 aromatic rings. The number of nitrogens with two attached hydrogens (primary N) is 2. The van der Waals surface area contributed by atoms with Crippen LogP contribution in [0, 0.1) is 13.8 Å². The monoisotopic (exact) mass is 368 g/mol. The first-order chi connectivity index (χ1) is 13.6. The van der Waals surface area contributed by atoms with Crippen LogP contribution in [-0.4, -0.2) is 0 Å². The predicted octanol–water partition coefficient (Wildman–Crippen LogP) is 4.81. The van der Waals surface area contributed by atoms with Gasteiger partial charge >= 0.3 is 0 Å². The molecule has 4 nitrogen and oxygen atoms in total. The zero-order valence-corrected chi connectivity index (χ0v) is 16.1. The maximum Gasteiger partial charge on any atom is 0.149 e. The van der Waals surface area contributed by atoms with E-state index in [2.05, 4.69) is 50.2 Å². The quantitative estimate of drug-likeness (QED) is 0.696. The number of hydrogen-bond donors (Lipinski definition) is 2. The Kier molecular flexibility index (Phi) is 4.53. The Morgan fingerprint density at radius 1 is 0.607 bits per heavy atom. The summed E-state index contributed by atoms with van der Waals surface area (Å²) in [6, 6.07) is 24.7. The molecule has 4 rings (SSSR count). The number of hydrogen-bond acceptors (Lipinski definition) is 4. The van der Waals surface area contributed by atoms with Crippen molar-refractivity contribution in [3.05, 3.63) is 108 Å². The second kappa shape index (κ2) is 7.16. The maximum atomic E-state index is 6.42. The lowest BCUT2D eigenvalue weighted by Gasteiger charge is -2.32. The third kappa shape index (κ3) is 3.09. The fourth-order valence-corrected chi connectivity index (χ4v) is 3.66. The zero-order chi connectivity index (χ0) is 19.7. The van der Waals surface area contributed by atoms with Crippen LogP contribution in [0.25, 0.3) is 11.1 Å². The van der Waals surface area contributed by atoms with E-state index in [0.717, 1.165) is 11.4 Å². The van der Waals surface area contributed by atoms with E-state index in [1.807, 2.05) is 58.6 Å². The Morgan fingerprint density at radius 2 is 1.14 bits per heavy atom. The molecule has 4 heteroatoms. The fraction of sp³-hybridized carbons (Fsp3) is 0.0833. The molecule has 0 amide bonds. The van der Waals surface area contributed by atoms with Gasteiger partial charge in [0.05, 0.1) is 0 Å². The Balaban J connectivity index is 1.71. The Labute approximate surface area is 166 Å². The third-order valence-electron chi connectivity index (χ3n) is 5.07. The molecule has 0 fully saturated rings. The minimum absolute atomic E-state index is 0.505. The SMILES string of the molecule is Cc1cccc(C)c1-c1cccc(N2C=CN(c3ccccc3)C(N)=C2N)c1. The van der Waals surface area contributed by atoms with Gasteiger partial charge < -0.3 is 11.5 Å². The largest absolute Gasteiger partial charge is 0.382 e. The van der Waals surface area contributed by atoms with E-state index in [1.165, 1.54) is 22.3 Å². The molecule has 1 heterocycles. The summed E-state index contributed by atoms with van der Waals surface area (Å²) in [7, 11) is 0. The van der Waals surface area contributed by atoms with Gasteiger partial charge in [0, 0.05) is 23.8 Å². The summed E-state index contributed by atoms with van der Waals surface area (Å²) in [5, 5.41) is 0. The predicted molar refractivity (Wildman–Crippen MR) is 117 cm³/mol. The van der Waals surface area contributed by atoms with E-state index in [9.17, 15) is 0 Å². The summed E-state index contributed by atoms with van der Waals surface area (Å²) in [5.41, 5.74) is 19.7. The molecule has 0 aliphatic carbocycles. The second-order valence-electron chi connectivity index (χ2n) is 6.96. The molecule has 0 saturated carbocycles. The molecule has 140 valence electrons. The van der Waals surface area contributed by atoms with Crippen molar-refractivity contribution in [1.82, 2.24) is 0 Å². The Hall–Kier alpha value is -3.66. The lowest BCUT2D eigenvalue weighted by molar-refractivity contribution is 0.955. The summed E-state index contributed by atoms with van der Waals surface area (Å²) in [6.45, 7) is 4.28. The van der Waals surface area contributed by atoms with Gasteiger partial charge in [-0.3, -0.25) is 9.80 Å². The van der Waals surface area contributed by atoms with Crippen molar-refractivity contribution in [2.45, 2.75) is 13.8 Å². The first kappa shape index (κ1) is 17.7. The fourth-order valence-electron chi connectivity index (χ4n) is 3.66. The number of para-hydroxylation sites is 1. The molecule has 0 aromatic heterocycles. The van der Waals surface area contributed by atoms with Crippen LogP contribution in [-0.2, 0) is 0 Å². The van der Waals surface area contributed by atoms with Crippen LogP contribution in [0.15, 0.2) is 96.8 Å². The van der Waals surface area contributed by atoms with Gasteiger partial charge in [0.25, 0.3) is 0 Å². The summed E-state index contributed by atoms with van der Waals surface area (Å²) < 4.78 is 0. The molecule has 1 aliphatic heterocycles. The average Bonchev–Trinajstić information content (AvgIpc) is 2.71. The molecule has 0 saturated heterocycles. The average molecular weight is 368 g/mol. The molecular formula is C24H24N4. The third-order valence-corrected chi connectivity index (χ3v) is 5.07. The van der Waals surface area contributed by atoms with Crippen molar-refractivity contribution in [3.63, 3.8) is 0 Å². The normalized spacial score (nSPS) is 13.9. The lowest BCUT2D eigenvalue weighted by atomic mass is 9.95. The van der Waals surface area contributed by atoms with Crippen LogP contribution < -0.4 is 21.3 Å². The van der Waals surface area contributed by atoms with Gasteiger partial charge in [-0.15, -0.1) is 0 Å². The topological polar surface area (TPSA) is 58.5 Å². The molecule has 3 aromatic carbocycles. The number of anilines is 2. The number of rotatable bonds is 3. The smallest absolute Gasteiger partial charge is 0.149 e. The van der Waals surface area contributed by atoms with Crippen LogP contribution in [0.2, 0.25) is 0 Å². The summed E-state index contributed by atoms with van der Waals surface area (Å²) in [6.07, 6.45) is 3.88. The molecule has 4 N–H and O–H groups in total. The summed E-state index contributed by atoms with van der Waals surface area (Å²) >= 11 is 0. The van der Waals surface area contributed by atoms with Crippen LogP contribution >= 0.6 is 0 Å². The lowest BCUT2D eigenvalue weighted by Crippen LogP contribution is -2.37. The first-order valence-corrected chi connectivity index (χ1v) is 9.30. The summed E-state index contributed by atoms with van der Waals surface area (Å²) in [4.78, 5) is 3.81. The molecule has 0 atom stereocenters. The van der Waals surface area contributed by atoms with Gasteiger partial charge in [0.2, 0.25) is 0 Å². The van der Waals surface area contributed by atoms with Crippen molar-refractivity contribution >= 4 is 11.4 Å². The minimum atomic E-state index is 0.505. The molecule has 0 radical (unpaired) electrons. The standard InChI is InChI=1S/C24H24N4/c1-17-8-6-9-18(2)22(17)19-10-7-13-21(16-19)28-15-14-27(23(25)24(28)26)20-11-4-3-5-12-20/h3-16H,25-26H2,1-2H3. The van der Waals surface area contributed by atoms with Gasteiger partial charge in [-0.2, -0.15) is 0 Å². The highest BCUT2D eigenvalue weighted by Crippen LogP contribution is 2.32. The zero-order valence-electron chi connectivity index (χ0n) is 16.1. The van der Waals surface area contributed by atoms with Gasteiger partial charge in [-0.05, 0) is 60.4 Å². The van der Waals surface area contributed by atoms with Gasteiger partial charge in [0.1, 0.15) is 11.6 Å². The van der Waals surface area contributed by atoms with Crippen LogP contribution in [0.4, 0.5) is 11.4 Å². The van der Waals surface area contributed by atoms with Crippen molar-refractivity contribution in [2.75, 3.05) is 9.80 Å². The van der Waals surface area contributed by atoms with Crippen molar-refractivity contribution < 1.29 is 0 Å². The first-order valence-electron chi connectivity index (χ1n) is 9.30. The van der Waals surface area contributed by atoms with Crippen LogP contribution in [0.3, 0.4) is 0 Å². The minimum Gasteiger partial charge on any atom is -0.382 e. The maximum absolute atomic E-state index is 6.42.